The maximum Gasteiger partial charge on any atom is 0.258 e. The van der Waals surface area contributed by atoms with Gasteiger partial charge < -0.3 is 14.0 Å². The van der Waals surface area contributed by atoms with Crippen LogP contribution in [0.3, 0.4) is 0 Å². The summed E-state index contributed by atoms with van der Waals surface area (Å²) >= 11 is 1.63. The number of nitrogens with zero attached hydrogens (tertiary/aromatic N) is 2. The molecule has 0 N–H and O–H groups in total. The van der Waals surface area contributed by atoms with E-state index in [1.165, 1.54) is 0 Å². The molecule has 3 rings (SSSR count). The first-order chi connectivity index (χ1) is 8.34. The molecular formula is C11H12N2O3S. The Morgan fingerprint density at radius 3 is 3.00 bits per heavy atom. The Kier molecular flexibility index (Phi) is 2.92. The summed E-state index contributed by atoms with van der Waals surface area (Å²) in [4.78, 5) is 4.36. The van der Waals surface area contributed by atoms with Gasteiger partial charge in [-0.05, 0) is 17.9 Å². The molecule has 3 heterocycles. The first kappa shape index (κ1) is 10.9. The van der Waals surface area contributed by atoms with Crippen LogP contribution in [0.25, 0.3) is 11.4 Å². The predicted molar refractivity (Wildman–Crippen MR) is 61.9 cm³/mol. The second kappa shape index (κ2) is 4.56. The van der Waals surface area contributed by atoms with Gasteiger partial charge in [-0.3, -0.25) is 0 Å². The quantitative estimate of drug-likeness (QED) is 0.820. The van der Waals surface area contributed by atoms with Crippen molar-refractivity contribution >= 4 is 11.3 Å². The highest BCUT2D eigenvalue weighted by molar-refractivity contribution is 7.08. The Balaban J connectivity index is 1.85. The molecule has 6 heteroatoms. The van der Waals surface area contributed by atoms with Crippen LogP contribution < -0.4 is 0 Å². The van der Waals surface area contributed by atoms with E-state index in [2.05, 4.69) is 15.5 Å². The van der Waals surface area contributed by atoms with E-state index in [0.717, 1.165) is 11.1 Å². The van der Waals surface area contributed by atoms with Crippen molar-refractivity contribution in [3.8, 4) is 11.4 Å². The fraction of sp³-hybridized carbons (Fsp3) is 0.455. The molecule has 0 aromatic carbocycles. The van der Waals surface area contributed by atoms with Gasteiger partial charge in [-0.25, -0.2) is 0 Å². The van der Waals surface area contributed by atoms with Crippen LogP contribution in [0.5, 0.6) is 0 Å². The van der Waals surface area contributed by atoms with Gasteiger partial charge in [0.2, 0.25) is 5.82 Å². The molecule has 0 saturated carbocycles. The van der Waals surface area contributed by atoms with Crippen molar-refractivity contribution in [1.82, 2.24) is 10.1 Å². The molecule has 17 heavy (non-hydrogen) atoms. The van der Waals surface area contributed by atoms with Gasteiger partial charge in [0.1, 0.15) is 0 Å². The van der Waals surface area contributed by atoms with E-state index in [1.807, 2.05) is 12.3 Å². The van der Waals surface area contributed by atoms with Gasteiger partial charge in [0, 0.05) is 10.9 Å². The minimum absolute atomic E-state index is 0.232. The summed E-state index contributed by atoms with van der Waals surface area (Å²) in [7, 11) is 0. The zero-order chi connectivity index (χ0) is 11.7. The summed E-state index contributed by atoms with van der Waals surface area (Å²) in [6.07, 6.45) is -0.232. The van der Waals surface area contributed by atoms with E-state index in [-0.39, 0.29) is 6.10 Å². The van der Waals surface area contributed by atoms with E-state index < -0.39 is 0 Å². The van der Waals surface area contributed by atoms with Crippen LogP contribution in [0.2, 0.25) is 0 Å². The van der Waals surface area contributed by atoms with E-state index in [4.69, 9.17) is 14.0 Å². The van der Waals surface area contributed by atoms with Gasteiger partial charge in [0.25, 0.3) is 5.89 Å². The highest BCUT2D eigenvalue weighted by Crippen LogP contribution is 2.26. The molecule has 1 aliphatic rings. The van der Waals surface area contributed by atoms with Crippen molar-refractivity contribution in [1.29, 1.82) is 0 Å². The summed E-state index contributed by atoms with van der Waals surface area (Å²) in [5.74, 6) is 1.11. The van der Waals surface area contributed by atoms with Crippen LogP contribution in [-0.2, 0) is 9.47 Å². The van der Waals surface area contributed by atoms with Gasteiger partial charge in [-0.15, -0.1) is 0 Å². The minimum Gasteiger partial charge on any atom is -0.376 e. The third-order valence-corrected chi connectivity index (χ3v) is 3.49. The van der Waals surface area contributed by atoms with Gasteiger partial charge in [-0.2, -0.15) is 16.3 Å². The SMILES string of the molecule is Cc1cscc1-c1noc([C@@H]2COCCO2)n1. The van der Waals surface area contributed by atoms with Crippen LogP contribution in [0.15, 0.2) is 15.3 Å². The molecule has 5 nitrogen and oxygen atoms in total. The Hall–Kier alpha value is -1.24. The maximum absolute atomic E-state index is 5.51. The molecule has 0 amide bonds. The largest absolute Gasteiger partial charge is 0.376 e. The topological polar surface area (TPSA) is 57.4 Å². The minimum atomic E-state index is -0.232. The fourth-order valence-electron chi connectivity index (χ4n) is 1.70. The van der Waals surface area contributed by atoms with Crippen LogP contribution in [-0.4, -0.2) is 30.0 Å². The number of aromatic nitrogens is 2. The lowest BCUT2D eigenvalue weighted by molar-refractivity contribution is -0.101. The monoisotopic (exact) mass is 252 g/mol. The Labute approximate surface area is 102 Å². The van der Waals surface area contributed by atoms with Crippen LogP contribution in [0.4, 0.5) is 0 Å². The summed E-state index contributed by atoms with van der Waals surface area (Å²) in [5, 5.41) is 8.06. The standard InChI is InChI=1S/C11H12N2O3S/c1-7-5-17-6-8(7)10-12-11(16-13-10)9-4-14-2-3-15-9/h5-6,9H,2-4H2,1H3/t9-/m0/s1. The molecule has 1 atom stereocenters. The number of aryl methyl sites for hydroxylation is 1. The molecule has 1 aliphatic heterocycles. The van der Waals surface area contributed by atoms with Crippen molar-refractivity contribution in [2.75, 3.05) is 19.8 Å². The fourth-order valence-corrected chi connectivity index (χ4v) is 2.52. The van der Waals surface area contributed by atoms with Gasteiger partial charge >= 0.3 is 0 Å². The Bertz CT molecular complexity index is 502. The van der Waals surface area contributed by atoms with Crippen molar-refractivity contribution in [2.45, 2.75) is 13.0 Å². The van der Waals surface area contributed by atoms with E-state index in [9.17, 15) is 0 Å². The summed E-state index contributed by atoms with van der Waals surface area (Å²) in [6.45, 7) is 3.70. The molecule has 1 saturated heterocycles. The van der Waals surface area contributed by atoms with Crippen molar-refractivity contribution in [3.05, 3.63) is 22.2 Å². The predicted octanol–water partition coefficient (Wildman–Crippen LogP) is 2.19. The first-order valence-electron chi connectivity index (χ1n) is 5.40. The second-order valence-electron chi connectivity index (χ2n) is 3.86. The molecule has 2 aromatic rings. The van der Waals surface area contributed by atoms with Gasteiger partial charge in [0.15, 0.2) is 6.10 Å². The molecular weight excluding hydrogens is 240 g/mol. The maximum atomic E-state index is 5.51. The molecule has 0 radical (unpaired) electrons. The lowest BCUT2D eigenvalue weighted by Gasteiger charge is -2.19. The Morgan fingerprint density at radius 2 is 2.29 bits per heavy atom. The number of thiophene rings is 1. The summed E-state index contributed by atoms with van der Waals surface area (Å²) in [5.41, 5.74) is 2.17. The lowest BCUT2D eigenvalue weighted by atomic mass is 10.2. The van der Waals surface area contributed by atoms with Crippen LogP contribution >= 0.6 is 11.3 Å². The molecule has 0 spiro atoms. The van der Waals surface area contributed by atoms with E-state index in [0.29, 0.717) is 31.5 Å². The third kappa shape index (κ3) is 2.11. The number of rotatable bonds is 2. The van der Waals surface area contributed by atoms with E-state index in [1.54, 1.807) is 11.3 Å². The Morgan fingerprint density at radius 1 is 1.35 bits per heavy atom. The van der Waals surface area contributed by atoms with Gasteiger partial charge in [0.05, 0.1) is 19.8 Å². The number of ether oxygens (including phenoxy) is 2. The van der Waals surface area contributed by atoms with Crippen LogP contribution in [0, 0.1) is 6.92 Å². The molecule has 2 aromatic heterocycles. The van der Waals surface area contributed by atoms with Crippen molar-refractivity contribution in [3.63, 3.8) is 0 Å². The summed E-state index contributed by atoms with van der Waals surface area (Å²) < 4.78 is 16.0. The number of hydrogen-bond donors (Lipinski definition) is 0. The zero-order valence-corrected chi connectivity index (χ0v) is 10.2. The average molecular weight is 252 g/mol. The lowest BCUT2D eigenvalue weighted by Crippen LogP contribution is -2.22. The van der Waals surface area contributed by atoms with Gasteiger partial charge in [-0.1, -0.05) is 5.16 Å². The molecule has 0 unspecified atom stereocenters. The normalized spacial score (nSPS) is 20.6. The molecule has 0 bridgehead atoms. The highest BCUT2D eigenvalue weighted by Gasteiger charge is 2.23. The van der Waals surface area contributed by atoms with Crippen LogP contribution in [0.1, 0.15) is 17.6 Å². The summed E-state index contributed by atoms with van der Waals surface area (Å²) in [6, 6.07) is 0. The zero-order valence-electron chi connectivity index (χ0n) is 9.38. The number of hydrogen-bond acceptors (Lipinski definition) is 6. The third-order valence-electron chi connectivity index (χ3n) is 2.63. The smallest absolute Gasteiger partial charge is 0.258 e. The van der Waals surface area contributed by atoms with E-state index >= 15 is 0 Å². The molecule has 1 fully saturated rings. The second-order valence-corrected chi connectivity index (χ2v) is 4.60. The van der Waals surface area contributed by atoms with Crippen molar-refractivity contribution in [2.24, 2.45) is 0 Å². The molecule has 90 valence electrons. The first-order valence-corrected chi connectivity index (χ1v) is 6.35. The average Bonchev–Trinajstić information content (AvgIpc) is 2.98. The molecule has 0 aliphatic carbocycles. The van der Waals surface area contributed by atoms with Crippen molar-refractivity contribution < 1.29 is 14.0 Å². The highest BCUT2D eigenvalue weighted by atomic mass is 32.1.